The number of methoxy groups -OCH3 is 1. The Kier molecular flexibility index (Phi) is 5.55. The van der Waals surface area contributed by atoms with E-state index < -0.39 is 15.6 Å². The Hall–Kier alpha value is -3.07. The first-order valence-corrected chi connectivity index (χ1v) is 10.2. The summed E-state index contributed by atoms with van der Waals surface area (Å²) in [5.74, 6) is -0.614. The average molecular weight is 404 g/mol. The van der Waals surface area contributed by atoms with E-state index in [-0.39, 0.29) is 35.1 Å². The van der Waals surface area contributed by atoms with Crippen LogP contribution in [-0.4, -0.2) is 31.8 Å². The van der Waals surface area contributed by atoms with Crippen LogP contribution in [0.3, 0.4) is 0 Å². The summed E-state index contributed by atoms with van der Waals surface area (Å²) in [5, 5.41) is 2.69. The number of sulfone groups is 1. The predicted octanol–water partition coefficient (Wildman–Crippen LogP) is 1.62. The van der Waals surface area contributed by atoms with Crippen molar-refractivity contribution >= 4 is 26.8 Å². The number of benzene rings is 2. The highest BCUT2D eigenvalue weighted by Crippen LogP contribution is 2.19. The molecule has 28 heavy (non-hydrogen) atoms. The second-order valence-electron chi connectivity index (χ2n) is 6.25. The van der Waals surface area contributed by atoms with Crippen LogP contribution >= 0.6 is 0 Å². The third kappa shape index (κ3) is 4.25. The number of carbonyl (C=O) groups excluding carboxylic acids is 1. The molecule has 1 aromatic heterocycles. The molecule has 0 radical (unpaired) electrons. The first kappa shape index (κ1) is 19.7. The lowest BCUT2D eigenvalue weighted by atomic mass is 10.2. The van der Waals surface area contributed by atoms with Gasteiger partial charge in [0, 0.05) is 26.1 Å². The smallest absolute Gasteiger partial charge is 0.419 e. The van der Waals surface area contributed by atoms with E-state index in [1.54, 1.807) is 19.2 Å². The summed E-state index contributed by atoms with van der Waals surface area (Å²) >= 11 is 0. The zero-order valence-corrected chi connectivity index (χ0v) is 16.3. The molecule has 0 aliphatic carbocycles. The Morgan fingerprint density at radius 1 is 1.21 bits per heavy atom. The molecular formula is C19H20N2O6S. The quantitative estimate of drug-likeness (QED) is 0.641. The van der Waals surface area contributed by atoms with E-state index in [0.29, 0.717) is 11.3 Å². The molecule has 1 N–H and O–H groups in total. The molecule has 0 saturated heterocycles. The molecule has 2 aromatic carbocycles. The molecule has 0 saturated carbocycles. The molecule has 0 aliphatic heterocycles. The van der Waals surface area contributed by atoms with E-state index in [1.165, 1.54) is 29.8 Å². The fourth-order valence-electron chi connectivity index (χ4n) is 2.72. The zero-order chi connectivity index (χ0) is 20.3. The largest absolute Gasteiger partial charge is 0.497 e. The number of ether oxygens (including phenoxy) is 1. The van der Waals surface area contributed by atoms with E-state index >= 15 is 0 Å². The van der Waals surface area contributed by atoms with Crippen LogP contribution in [0, 0.1) is 0 Å². The minimum atomic E-state index is -3.70. The van der Waals surface area contributed by atoms with Crippen LogP contribution in [0.2, 0.25) is 0 Å². The van der Waals surface area contributed by atoms with Crippen LogP contribution in [0.15, 0.2) is 56.6 Å². The van der Waals surface area contributed by atoms with Gasteiger partial charge in [-0.15, -0.1) is 0 Å². The number of aryl methyl sites for hydroxylation is 1. The summed E-state index contributed by atoms with van der Waals surface area (Å²) in [5.41, 5.74) is 1.54. The van der Waals surface area contributed by atoms with E-state index in [0.717, 1.165) is 5.56 Å². The van der Waals surface area contributed by atoms with Crippen molar-refractivity contribution in [3.8, 4) is 5.75 Å². The minimum absolute atomic E-state index is 0.00921. The minimum Gasteiger partial charge on any atom is -0.497 e. The van der Waals surface area contributed by atoms with Gasteiger partial charge in [0.15, 0.2) is 15.4 Å². The van der Waals surface area contributed by atoms with Crippen molar-refractivity contribution in [1.82, 2.24) is 9.88 Å². The lowest BCUT2D eigenvalue weighted by molar-refractivity contribution is -0.120. The van der Waals surface area contributed by atoms with Gasteiger partial charge in [-0.05, 0) is 29.8 Å². The lowest BCUT2D eigenvalue weighted by Crippen LogP contribution is -2.25. The molecule has 1 heterocycles. The van der Waals surface area contributed by atoms with Gasteiger partial charge in [-0.2, -0.15) is 0 Å². The first-order valence-electron chi connectivity index (χ1n) is 8.52. The van der Waals surface area contributed by atoms with Crippen LogP contribution in [0.25, 0.3) is 11.1 Å². The Morgan fingerprint density at radius 2 is 2.00 bits per heavy atom. The number of carbonyl (C=O) groups is 1. The van der Waals surface area contributed by atoms with Crippen LogP contribution in [0.1, 0.15) is 12.0 Å². The molecule has 0 spiro atoms. The van der Waals surface area contributed by atoms with Crippen molar-refractivity contribution in [2.45, 2.75) is 17.9 Å². The van der Waals surface area contributed by atoms with E-state index in [1.807, 2.05) is 12.1 Å². The van der Waals surface area contributed by atoms with Crippen molar-refractivity contribution in [1.29, 1.82) is 0 Å². The van der Waals surface area contributed by atoms with Crippen molar-refractivity contribution in [3.63, 3.8) is 0 Å². The molecule has 8 nitrogen and oxygen atoms in total. The van der Waals surface area contributed by atoms with Gasteiger partial charge < -0.3 is 14.5 Å². The molecular weight excluding hydrogens is 384 g/mol. The molecule has 1 amide bonds. The standard InChI is InChI=1S/C19H20N2O6S/c1-21-16-7-6-15(11-17(16)27-19(21)23)28(24,25)9-8-18(22)20-12-13-4-3-5-14(10-13)26-2/h3-7,10-11H,8-9,12H2,1-2H3,(H,20,22). The predicted molar refractivity (Wildman–Crippen MR) is 103 cm³/mol. The highest BCUT2D eigenvalue weighted by Gasteiger charge is 2.18. The SMILES string of the molecule is COc1cccc(CNC(=O)CCS(=O)(=O)c2ccc3c(c2)oc(=O)n3C)c1. The Bertz CT molecular complexity index is 1180. The van der Waals surface area contributed by atoms with Gasteiger partial charge >= 0.3 is 5.76 Å². The van der Waals surface area contributed by atoms with Gasteiger partial charge in [0.05, 0.1) is 23.3 Å². The van der Waals surface area contributed by atoms with E-state index in [9.17, 15) is 18.0 Å². The summed E-state index contributed by atoms with van der Waals surface area (Å²) in [6, 6.07) is 11.5. The van der Waals surface area contributed by atoms with Crippen LogP contribution in [-0.2, 0) is 28.2 Å². The van der Waals surface area contributed by atoms with Crippen LogP contribution < -0.4 is 15.8 Å². The zero-order valence-electron chi connectivity index (χ0n) is 15.5. The van der Waals surface area contributed by atoms with Crippen LogP contribution in [0.5, 0.6) is 5.75 Å². The second-order valence-corrected chi connectivity index (χ2v) is 8.36. The van der Waals surface area contributed by atoms with Gasteiger partial charge in [-0.1, -0.05) is 12.1 Å². The first-order chi connectivity index (χ1) is 13.3. The molecule has 0 bridgehead atoms. The van der Waals surface area contributed by atoms with Crippen LogP contribution in [0.4, 0.5) is 0 Å². The highest BCUT2D eigenvalue weighted by molar-refractivity contribution is 7.91. The van der Waals surface area contributed by atoms with E-state index in [4.69, 9.17) is 9.15 Å². The maximum atomic E-state index is 12.5. The van der Waals surface area contributed by atoms with Gasteiger partial charge in [0.1, 0.15) is 5.75 Å². The number of nitrogens with one attached hydrogen (secondary N) is 1. The number of rotatable bonds is 7. The molecule has 0 unspecified atom stereocenters. The number of fused-ring (bicyclic) bond motifs is 1. The van der Waals surface area contributed by atoms with Crippen molar-refractivity contribution in [2.24, 2.45) is 7.05 Å². The molecule has 0 aliphatic rings. The molecule has 0 atom stereocenters. The van der Waals surface area contributed by atoms with E-state index in [2.05, 4.69) is 5.32 Å². The number of aromatic nitrogens is 1. The highest BCUT2D eigenvalue weighted by atomic mass is 32.2. The number of hydrogen-bond acceptors (Lipinski definition) is 6. The molecule has 9 heteroatoms. The fourth-order valence-corrected chi connectivity index (χ4v) is 3.98. The van der Waals surface area contributed by atoms with Gasteiger partial charge in [0.25, 0.3) is 0 Å². The molecule has 3 aromatic rings. The molecule has 0 fully saturated rings. The maximum Gasteiger partial charge on any atom is 0.419 e. The Morgan fingerprint density at radius 3 is 2.75 bits per heavy atom. The third-order valence-electron chi connectivity index (χ3n) is 4.34. The summed E-state index contributed by atoms with van der Waals surface area (Å²) in [6.45, 7) is 0.275. The van der Waals surface area contributed by atoms with Crippen molar-refractivity contribution in [2.75, 3.05) is 12.9 Å². The summed E-state index contributed by atoms with van der Waals surface area (Å²) < 4.78 is 36.4. The third-order valence-corrected chi connectivity index (χ3v) is 6.06. The average Bonchev–Trinajstić information content (AvgIpc) is 2.98. The number of amides is 1. The Labute approximate surface area is 161 Å². The summed E-state index contributed by atoms with van der Waals surface area (Å²) in [4.78, 5) is 23.6. The number of hydrogen-bond donors (Lipinski definition) is 1. The molecule has 3 rings (SSSR count). The van der Waals surface area contributed by atoms with Crippen molar-refractivity contribution in [3.05, 3.63) is 58.6 Å². The van der Waals surface area contributed by atoms with Gasteiger partial charge in [-0.3, -0.25) is 9.36 Å². The Balaban J connectivity index is 1.62. The lowest BCUT2D eigenvalue weighted by Gasteiger charge is -2.08. The molecule has 148 valence electrons. The fraction of sp³-hybridized carbons (Fsp3) is 0.263. The normalized spacial score (nSPS) is 11.5. The second kappa shape index (κ2) is 7.89. The summed E-state index contributed by atoms with van der Waals surface area (Å²) in [6.07, 6.45) is -0.178. The number of nitrogens with zero attached hydrogens (tertiary/aromatic N) is 1. The monoisotopic (exact) mass is 404 g/mol. The van der Waals surface area contributed by atoms with Gasteiger partial charge in [0.2, 0.25) is 5.91 Å². The maximum absolute atomic E-state index is 12.5. The summed E-state index contributed by atoms with van der Waals surface area (Å²) in [7, 11) is -0.603. The topological polar surface area (TPSA) is 108 Å². The number of oxazole rings is 1. The van der Waals surface area contributed by atoms with Crippen molar-refractivity contribution < 1.29 is 22.4 Å². The van der Waals surface area contributed by atoms with Gasteiger partial charge in [-0.25, -0.2) is 13.2 Å².